The Labute approximate surface area is 115 Å². The third-order valence-electron chi connectivity index (χ3n) is 3.43. The van der Waals surface area contributed by atoms with Crippen LogP contribution < -0.4 is 16.0 Å². The molecule has 0 saturated carbocycles. The summed E-state index contributed by atoms with van der Waals surface area (Å²) in [6.07, 6.45) is 2.37. The second-order valence-electron chi connectivity index (χ2n) is 4.82. The predicted octanol–water partition coefficient (Wildman–Crippen LogP) is 1.28. The summed E-state index contributed by atoms with van der Waals surface area (Å²) in [4.78, 5) is 17.6. The molecule has 1 aromatic heterocycles. The number of aromatic nitrogens is 1. The molecule has 0 aliphatic carbocycles. The lowest BCUT2D eigenvalue weighted by Crippen LogP contribution is -2.33. The number of hydrogen-bond donors (Lipinski definition) is 2. The van der Waals surface area contributed by atoms with E-state index in [0.717, 1.165) is 6.42 Å². The van der Waals surface area contributed by atoms with Crippen molar-refractivity contribution in [3.8, 4) is 0 Å². The van der Waals surface area contributed by atoms with Gasteiger partial charge >= 0.3 is 0 Å². The Hall–Kier alpha value is -2.37. The molecule has 2 heterocycles. The van der Waals surface area contributed by atoms with Crippen molar-refractivity contribution in [2.24, 2.45) is 0 Å². The smallest absolute Gasteiger partial charge is 0.239 e. The normalized spacial score (nSPS) is 16.1. The third-order valence-corrected chi connectivity index (χ3v) is 3.43. The number of nitrogen functional groups attached to an aromatic ring is 1. The molecule has 0 bridgehead atoms. The molecule has 5 nitrogen and oxygen atoms in total. The molecule has 20 heavy (non-hydrogen) atoms. The van der Waals surface area contributed by atoms with Crippen LogP contribution in [0.1, 0.15) is 6.42 Å². The largest absolute Gasteiger partial charge is 0.398 e. The number of nitrogens with zero attached hydrogens (tertiary/aromatic N) is 2. The van der Waals surface area contributed by atoms with E-state index in [4.69, 9.17) is 5.73 Å². The molecule has 1 saturated heterocycles. The number of nitrogens with one attached hydrogen (secondary N) is 1. The number of rotatable bonds is 1. The fourth-order valence-electron chi connectivity index (χ4n) is 2.52. The molecule has 1 fully saturated rings. The van der Waals surface area contributed by atoms with Gasteiger partial charge < -0.3 is 16.0 Å². The zero-order valence-electron chi connectivity index (χ0n) is 10.9. The summed E-state index contributed by atoms with van der Waals surface area (Å²) in [5.41, 5.74) is 7.04. The van der Waals surface area contributed by atoms with Gasteiger partial charge in [0.15, 0.2) is 5.82 Å². The molecule has 3 rings (SSSR count). The molecule has 0 atom stereocenters. The van der Waals surface area contributed by atoms with Crippen LogP contribution in [0.15, 0.2) is 24.4 Å². The highest BCUT2D eigenvalue weighted by molar-refractivity contribution is 5.99. The second-order valence-corrected chi connectivity index (χ2v) is 4.82. The average molecular weight is 274 g/mol. The number of carbonyl (C=O) groups excluding carboxylic acids is 1. The average Bonchev–Trinajstić information content (AvgIpc) is 2.63. The fraction of sp³-hybridized carbons (Fsp3) is 0.286. The highest BCUT2D eigenvalue weighted by atomic mass is 19.1. The summed E-state index contributed by atoms with van der Waals surface area (Å²) < 4.78 is 14.3. The lowest BCUT2D eigenvalue weighted by Gasteiger charge is -2.23. The van der Waals surface area contributed by atoms with Gasteiger partial charge in [-0.3, -0.25) is 9.78 Å². The maximum atomic E-state index is 14.3. The number of nitrogens with two attached hydrogens (primary N) is 1. The monoisotopic (exact) mass is 274 g/mol. The van der Waals surface area contributed by atoms with Crippen LogP contribution in [0.2, 0.25) is 0 Å². The number of hydrogen-bond acceptors (Lipinski definition) is 4. The molecule has 104 valence electrons. The number of halogens is 1. The van der Waals surface area contributed by atoms with E-state index in [9.17, 15) is 9.18 Å². The minimum absolute atomic E-state index is 0.109. The van der Waals surface area contributed by atoms with Crippen LogP contribution in [0.4, 0.5) is 15.8 Å². The first-order valence-electron chi connectivity index (χ1n) is 6.51. The molecule has 2 aromatic rings. The van der Waals surface area contributed by atoms with Crippen LogP contribution in [0.3, 0.4) is 0 Å². The Balaban J connectivity index is 2.17. The Kier molecular flexibility index (Phi) is 3.14. The summed E-state index contributed by atoms with van der Waals surface area (Å²) >= 11 is 0. The van der Waals surface area contributed by atoms with Crippen LogP contribution in [-0.2, 0) is 4.79 Å². The maximum Gasteiger partial charge on any atom is 0.239 e. The van der Waals surface area contributed by atoms with Gasteiger partial charge in [0.25, 0.3) is 0 Å². The van der Waals surface area contributed by atoms with Gasteiger partial charge in [-0.1, -0.05) is 0 Å². The standard InChI is InChI=1S/C14H15FN4O/c15-10-7-11(16)9-3-1-4-18-13(9)14(10)19-6-2-5-17-12(20)8-19/h1,3-4,7H,2,5-6,8,16H2,(H,17,20). The Bertz CT molecular complexity index is 674. The molecule has 0 unspecified atom stereocenters. The van der Waals surface area contributed by atoms with Gasteiger partial charge in [0.2, 0.25) is 5.91 Å². The molecule has 1 aromatic carbocycles. The van der Waals surface area contributed by atoms with Crippen LogP contribution >= 0.6 is 0 Å². The van der Waals surface area contributed by atoms with Crippen molar-refractivity contribution >= 4 is 28.2 Å². The van der Waals surface area contributed by atoms with Crippen molar-refractivity contribution in [2.75, 3.05) is 30.3 Å². The van der Waals surface area contributed by atoms with Crippen molar-refractivity contribution < 1.29 is 9.18 Å². The van der Waals surface area contributed by atoms with Crippen LogP contribution in [0.5, 0.6) is 0 Å². The van der Waals surface area contributed by atoms with E-state index < -0.39 is 5.82 Å². The number of benzene rings is 1. The minimum atomic E-state index is -0.441. The van der Waals surface area contributed by atoms with E-state index in [-0.39, 0.29) is 12.5 Å². The van der Waals surface area contributed by atoms with Gasteiger partial charge in [0.05, 0.1) is 12.1 Å². The van der Waals surface area contributed by atoms with Crippen molar-refractivity contribution in [1.29, 1.82) is 0 Å². The Morgan fingerprint density at radius 1 is 1.45 bits per heavy atom. The summed E-state index contributed by atoms with van der Waals surface area (Å²) in [6.45, 7) is 1.34. The highest BCUT2D eigenvalue weighted by Gasteiger charge is 2.21. The van der Waals surface area contributed by atoms with Gasteiger partial charge in [-0.15, -0.1) is 0 Å². The predicted molar refractivity (Wildman–Crippen MR) is 76.0 cm³/mol. The van der Waals surface area contributed by atoms with Crippen molar-refractivity contribution in [3.63, 3.8) is 0 Å². The molecule has 0 spiro atoms. The zero-order chi connectivity index (χ0) is 14.1. The topological polar surface area (TPSA) is 71.2 Å². The first kappa shape index (κ1) is 12.7. The van der Waals surface area contributed by atoms with Crippen molar-refractivity contribution in [2.45, 2.75) is 6.42 Å². The van der Waals surface area contributed by atoms with Gasteiger partial charge in [-0.2, -0.15) is 0 Å². The molecular formula is C14H15FN4O. The van der Waals surface area contributed by atoms with Crippen LogP contribution in [0.25, 0.3) is 10.9 Å². The van der Waals surface area contributed by atoms with Crippen LogP contribution in [0, 0.1) is 5.82 Å². The fourth-order valence-corrected chi connectivity index (χ4v) is 2.52. The number of fused-ring (bicyclic) bond motifs is 1. The van der Waals surface area contributed by atoms with E-state index >= 15 is 0 Å². The lowest BCUT2D eigenvalue weighted by atomic mass is 10.1. The molecule has 0 radical (unpaired) electrons. The van der Waals surface area contributed by atoms with E-state index in [0.29, 0.717) is 35.4 Å². The molecule has 1 amide bonds. The van der Waals surface area contributed by atoms with Crippen LogP contribution in [-0.4, -0.2) is 30.5 Å². The van der Waals surface area contributed by atoms with Gasteiger partial charge in [-0.05, 0) is 24.6 Å². The lowest BCUT2D eigenvalue weighted by molar-refractivity contribution is -0.119. The first-order valence-corrected chi connectivity index (χ1v) is 6.51. The Morgan fingerprint density at radius 2 is 2.30 bits per heavy atom. The summed E-state index contributed by atoms with van der Waals surface area (Å²) in [6, 6.07) is 4.86. The third kappa shape index (κ3) is 2.13. The first-order chi connectivity index (χ1) is 9.66. The number of anilines is 2. The quantitative estimate of drug-likeness (QED) is 0.769. The highest BCUT2D eigenvalue weighted by Crippen LogP contribution is 2.32. The van der Waals surface area contributed by atoms with E-state index in [1.165, 1.54) is 6.07 Å². The second kappa shape index (κ2) is 4.96. The van der Waals surface area contributed by atoms with Gasteiger partial charge in [-0.25, -0.2) is 4.39 Å². The van der Waals surface area contributed by atoms with Crippen molar-refractivity contribution in [3.05, 3.63) is 30.2 Å². The van der Waals surface area contributed by atoms with E-state index in [2.05, 4.69) is 10.3 Å². The molecule has 1 aliphatic heterocycles. The summed E-state index contributed by atoms with van der Waals surface area (Å²) in [5, 5.41) is 3.48. The minimum Gasteiger partial charge on any atom is -0.398 e. The SMILES string of the molecule is Nc1cc(F)c(N2CCCNC(=O)C2)c2ncccc12. The van der Waals surface area contributed by atoms with Crippen molar-refractivity contribution in [1.82, 2.24) is 10.3 Å². The zero-order valence-corrected chi connectivity index (χ0v) is 10.9. The summed E-state index contributed by atoms with van der Waals surface area (Å²) in [5.74, 6) is -0.550. The summed E-state index contributed by atoms with van der Waals surface area (Å²) in [7, 11) is 0. The number of pyridine rings is 1. The number of amides is 1. The molecular weight excluding hydrogens is 259 g/mol. The van der Waals surface area contributed by atoms with E-state index in [1.807, 2.05) is 0 Å². The van der Waals surface area contributed by atoms with Gasteiger partial charge in [0, 0.05) is 30.4 Å². The molecule has 1 aliphatic rings. The maximum absolute atomic E-state index is 14.3. The van der Waals surface area contributed by atoms with E-state index in [1.54, 1.807) is 23.2 Å². The van der Waals surface area contributed by atoms with Gasteiger partial charge in [0.1, 0.15) is 5.69 Å². The molecule has 6 heteroatoms. The Morgan fingerprint density at radius 3 is 3.15 bits per heavy atom. The molecule has 3 N–H and O–H groups in total. The number of carbonyl (C=O) groups is 1.